The Morgan fingerprint density at radius 1 is 1.13 bits per heavy atom. The molecule has 0 amide bonds. The van der Waals surface area contributed by atoms with E-state index in [4.69, 9.17) is 4.74 Å². The molecule has 0 aliphatic carbocycles. The molecule has 0 heterocycles. The Kier molecular flexibility index (Phi) is 8.76. The number of hydrogen-bond acceptors (Lipinski definition) is 5. The Morgan fingerprint density at radius 3 is 2.47 bits per heavy atom. The van der Waals surface area contributed by atoms with Gasteiger partial charge >= 0.3 is 11.9 Å². The van der Waals surface area contributed by atoms with Crippen molar-refractivity contribution in [2.45, 2.75) is 26.2 Å². The minimum absolute atomic E-state index is 0.174. The van der Waals surface area contributed by atoms with Crippen LogP contribution in [0.3, 0.4) is 0 Å². The second-order valence-electron chi connectivity index (χ2n) is 2.98. The normalized spacial score (nSPS) is 9.73. The molecule has 0 spiro atoms. The van der Waals surface area contributed by atoms with E-state index >= 15 is 0 Å². The molecular weight excluding hydrogens is 198 g/mol. The predicted octanol–water partition coefficient (Wildman–Crippen LogP) is 0.482. The molecule has 1 N–H and O–H groups in total. The molecule has 0 atom stereocenters. The van der Waals surface area contributed by atoms with Crippen LogP contribution < -0.4 is 5.32 Å². The molecule has 15 heavy (non-hydrogen) atoms. The summed E-state index contributed by atoms with van der Waals surface area (Å²) in [6, 6.07) is 0. The van der Waals surface area contributed by atoms with Crippen LogP contribution in [0.1, 0.15) is 26.2 Å². The SMILES string of the molecule is CCOC(=O)CCCNCCC(=O)OC. The fourth-order valence-electron chi connectivity index (χ4n) is 1.01. The monoisotopic (exact) mass is 217 g/mol. The van der Waals surface area contributed by atoms with Crippen LogP contribution >= 0.6 is 0 Å². The van der Waals surface area contributed by atoms with Gasteiger partial charge in [0.15, 0.2) is 0 Å². The molecule has 0 aromatic carbocycles. The van der Waals surface area contributed by atoms with E-state index in [0.29, 0.717) is 32.5 Å². The summed E-state index contributed by atoms with van der Waals surface area (Å²) in [4.78, 5) is 21.6. The summed E-state index contributed by atoms with van der Waals surface area (Å²) in [6.45, 7) is 3.49. The average molecular weight is 217 g/mol. The van der Waals surface area contributed by atoms with Gasteiger partial charge in [0.1, 0.15) is 0 Å². The summed E-state index contributed by atoms with van der Waals surface area (Å²) in [6.07, 6.45) is 1.50. The second-order valence-corrected chi connectivity index (χ2v) is 2.98. The Balaban J connectivity index is 3.18. The van der Waals surface area contributed by atoms with Crippen LogP contribution in [0, 0.1) is 0 Å². The molecular formula is C10H19NO4. The summed E-state index contributed by atoms with van der Waals surface area (Å²) in [5.74, 6) is -0.403. The molecule has 0 aliphatic rings. The van der Waals surface area contributed by atoms with Gasteiger partial charge in [0.2, 0.25) is 0 Å². The van der Waals surface area contributed by atoms with Crippen molar-refractivity contribution in [1.29, 1.82) is 0 Å². The van der Waals surface area contributed by atoms with E-state index in [-0.39, 0.29) is 11.9 Å². The van der Waals surface area contributed by atoms with Gasteiger partial charge in [-0.25, -0.2) is 0 Å². The van der Waals surface area contributed by atoms with Crippen molar-refractivity contribution in [3.05, 3.63) is 0 Å². The first-order valence-electron chi connectivity index (χ1n) is 5.13. The quantitative estimate of drug-likeness (QED) is 0.473. The first kappa shape index (κ1) is 13.9. The summed E-state index contributed by atoms with van der Waals surface area (Å²) in [7, 11) is 1.36. The summed E-state index contributed by atoms with van der Waals surface area (Å²) in [5.41, 5.74) is 0. The van der Waals surface area contributed by atoms with E-state index in [1.807, 2.05) is 0 Å². The lowest BCUT2D eigenvalue weighted by molar-refractivity contribution is -0.143. The predicted molar refractivity (Wildman–Crippen MR) is 55.4 cm³/mol. The van der Waals surface area contributed by atoms with Gasteiger partial charge in [0.25, 0.3) is 0 Å². The van der Waals surface area contributed by atoms with Crippen LogP contribution in [0.15, 0.2) is 0 Å². The number of nitrogens with one attached hydrogen (secondary N) is 1. The van der Waals surface area contributed by atoms with E-state index < -0.39 is 0 Å². The van der Waals surface area contributed by atoms with Crippen LogP contribution in [-0.4, -0.2) is 38.7 Å². The number of esters is 2. The molecule has 0 saturated heterocycles. The van der Waals surface area contributed by atoms with Crippen LogP contribution in [-0.2, 0) is 19.1 Å². The van der Waals surface area contributed by atoms with Crippen molar-refractivity contribution in [3.63, 3.8) is 0 Å². The third-order valence-electron chi connectivity index (χ3n) is 1.77. The zero-order valence-electron chi connectivity index (χ0n) is 9.38. The van der Waals surface area contributed by atoms with Crippen LogP contribution in [0.25, 0.3) is 0 Å². The van der Waals surface area contributed by atoms with Crippen LogP contribution in [0.4, 0.5) is 0 Å². The summed E-state index contributed by atoms with van der Waals surface area (Å²) < 4.78 is 9.24. The maximum absolute atomic E-state index is 10.9. The highest BCUT2D eigenvalue weighted by molar-refractivity contribution is 5.69. The van der Waals surface area contributed by atoms with Crippen LogP contribution in [0.5, 0.6) is 0 Å². The molecule has 0 radical (unpaired) electrons. The highest BCUT2D eigenvalue weighted by atomic mass is 16.5. The van der Waals surface area contributed by atoms with Crippen molar-refractivity contribution in [1.82, 2.24) is 5.32 Å². The number of methoxy groups -OCH3 is 1. The van der Waals surface area contributed by atoms with Gasteiger partial charge in [-0.2, -0.15) is 0 Å². The summed E-state index contributed by atoms with van der Waals surface area (Å²) in [5, 5.41) is 3.04. The Hall–Kier alpha value is -1.10. The van der Waals surface area contributed by atoms with Crippen molar-refractivity contribution in [2.75, 3.05) is 26.8 Å². The van der Waals surface area contributed by atoms with E-state index in [2.05, 4.69) is 10.1 Å². The molecule has 5 nitrogen and oxygen atoms in total. The van der Waals surface area contributed by atoms with Gasteiger partial charge in [0, 0.05) is 13.0 Å². The second kappa shape index (κ2) is 9.45. The number of rotatable bonds is 8. The van der Waals surface area contributed by atoms with Gasteiger partial charge in [-0.05, 0) is 19.9 Å². The van der Waals surface area contributed by atoms with Crippen molar-refractivity contribution in [3.8, 4) is 0 Å². The first-order chi connectivity index (χ1) is 7.20. The third kappa shape index (κ3) is 9.21. The molecule has 0 rings (SSSR count). The maximum Gasteiger partial charge on any atom is 0.306 e. The van der Waals surface area contributed by atoms with E-state index in [1.54, 1.807) is 6.92 Å². The third-order valence-corrected chi connectivity index (χ3v) is 1.77. The highest BCUT2D eigenvalue weighted by Gasteiger charge is 2.01. The first-order valence-corrected chi connectivity index (χ1v) is 5.13. The fraction of sp³-hybridized carbons (Fsp3) is 0.800. The van der Waals surface area contributed by atoms with Crippen LogP contribution in [0.2, 0.25) is 0 Å². The van der Waals surface area contributed by atoms with Gasteiger partial charge in [-0.15, -0.1) is 0 Å². The molecule has 0 aliphatic heterocycles. The lowest BCUT2D eigenvalue weighted by atomic mass is 10.3. The van der Waals surface area contributed by atoms with Gasteiger partial charge in [0.05, 0.1) is 20.1 Å². The smallest absolute Gasteiger partial charge is 0.306 e. The molecule has 0 aromatic heterocycles. The van der Waals surface area contributed by atoms with E-state index in [1.165, 1.54) is 7.11 Å². The van der Waals surface area contributed by atoms with Crippen molar-refractivity contribution in [2.24, 2.45) is 0 Å². The number of carbonyl (C=O) groups excluding carboxylic acids is 2. The summed E-state index contributed by atoms with van der Waals surface area (Å²) >= 11 is 0. The van der Waals surface area contributed by atoms with E-state index in [0.717, 1.165) is 6.42 Å². The Labute approximate surface area is 90.1 Å². The molecule has 5 heteroatoms. The van der Waals surface area contributed by atoms with Gasteiger partial charge in [-0.3, -0.25) is 9.59 Å². The molecule has 0 bridgehead atoms. The zero-order valence-corrected chi connectivity index (χ0v) is 9.38. The molecule has 88 valence electrons. The van der Waals surface area contributed by atoms with Crippen molar-refractivity contribution >= 4 is 11.9 Å². The Bertz CT molecular complexity index is 194. The molecule has 0 saturated carbocycles. The van der Waals surface area contributed by atoms with E-state index in [9.17, 15) is 9.59 Å². The van der Waals surface area contributed by atoms with Gasteiger partial charge < -0.3 is 14.8 Å². The fourth-order valence-corrected chi connectivity index (χ4v) is 1.01. The van der Waals surface area contributed by atoms with Crippen molar-refractivity contribution < 1.29 is 19.1 Å². The minimum atomic E-state index is -0.229. The largest absolute Gasteiger partial charge is 0.469 e. The number of carbonyl (C=O) groups is 2. The lowest BCUT2D eigenvalue weighted by Crippen LogP contribution is -2.20. The van der Waals surface area contributed by atoms with Gasteiger partial charge in [-0.1, -0.05) is 0 Å². The molecule has 0 unspecified atom stereocenters. The highest BCUT2D eigenvalue weighted by Crippen LogP contribution is 1.91. The minimum Gasteiger partial charge on any atom is -0.469 e. The lowest BCUT2D eigenvalue weighted by Gasteiger charge is -2.03. The Morgan fingerprint density at radius 2 is 1.87 bits per heavy atom. The molecule has 0 fully saturated rings. The topological polar surface area (TPSA) is 64.6 Å². The molecule has 0 aromatic rings. The maximum atomic E-state index is 10.9. The number of hydrogen-bond donors (Lipinski definition) is 1. The zero-order chi connectivity index (χ0) is 11.5. The average Bonchev–Trinajstić information content (AvgIpc) is 2.23. The number of ether oxygens (including phenoxy) is 2. The standard InChI is InChI=1S/C10H19NO4/c1-3-15-10(13)5-4-7-11-8-6-9(12)14-2/h11H,3-8H2,1-2H3.